The summed E-state index contributed by atoms with van der Waals surface area (Å²) >= 11 is 0. The third-order valence-corrected chi connectivity index (χ3v) is 1.83. The zero-order valence-electron chi connectivity index (χ0n) is 7.41. The van der Waals surface area contributed by atoms with Crippen LogP contribution >= 0.6 is 0 Å². The van der Waals surface area contributed by atoms with Gasteiger partial charge in [-0.15, -0.1) is 0 Å². The number of hydrogen-bond donors (Lipinski definition) is 2. The van der Waals surface area contributed by atoms with Crippen molar-refractivity contribution in [1.82, 2.24) is 10.3 Å². The Balaban J connectivity index is 2.49. The van der Waals surface area contributed by atoms with Crippen LogP contribution in [0, 0.1) is 0 Å². The number of carbonyl (C=O) groups excluding carboxylic acids is 1. The third-order valence-electron chi connectivity index (χ3n) is 1.83. The molecule has 0 aromatic heterocycles. The van der Waals surface area contributed by atoms with E-state index in [0.717, 1.165) is 0 Å². The maximum absolute atomic E-state index is 11.1. The molecule has 2 atom stereocenters. The van der Waals surface area contributed by atoms with Crippen LogP contribution < -0.4 is 11.3 Å². The number of hydrazine groups is 1. The van der Waals surface area contributed by atoms with Crippen LogP contribution in [0.5, 0.6) is 0 Å². The molecule has 5 heteroatoms. The van der Waals surface area contributed by atoms with Crippen molar-refractivity contribution in [3.05, 3.63) is 0 Å². The van der Waals surface area contributed by atoms with Crippen LogP contribution in [0.4, 0.5) is 4.79 Å². The molecule has 0 unspecified atom stereocenters. The molecule has 3 N–H and O–H groups in total. The Morgan fingerprint density at radius 3 is 2.42 bits per heavy atom. The molecule has 0 aromatic rings. The lowest BCUT2D eigenvalue weighted by atomic mass is 10.2. The highest BCUT2D eigenvalue weighted by atomic mass is 16.5. The van der Waals surface area contributed by atoms with E-state index in [2.05, 4.69) is 5.43 Å². The molecule has 0 saturated carbocycles. The highest BCUT2D eigenvalue weighted by Crippen LogP contribution is 2.09. The first kappa shape index (κ1) is 9.28. The van der Waals surface area contributed by atoms with Gasteiger partial charge in [0, 0.05) is 13.1 Å². The predicted molar refractivity (Wildman–Crippen MR) is 44.3 cm³/mol. The van der Waals surface area contributed by atoms with E-state index in [-0.39, 0.29) is 18.2 Å². The normalized spacial score (nSPS) is 30.1. The highest BCUT2D eigenvalue weighted by Gasteiger charge is 2.24. The Kier molecular flexibility index (Phi) is 2.88. The van der Waals surface area contributed by atoms with E-state index in [1.54, 1.807) is 4.90 Å². The van der Waals surface area contributed by atoms with Gasteiger partial charge < -0.3 is 9.64 Å². The Labute approximate surface area is 71.8 Å². The maximum Gasteiger partial charge on any atom is 0.331 e. The number of ether oxygens (including phenoxy) is 1. The molecule has 1 rings (SSSR count). The fourth-order valence-electron chi connectivity index (χ4n) is 1.44. The number of hydrogen-bond acceptors (Lipinski definition) is 3. The van der Waals surface area contributed by atoms with E-state index in [4.69, 9.17) is 10.6 Å². The zero-order valence-corrected chi connectivity index (χ0v) is 7.41. The van der Waals surface area contributed by atoms with Gasteiger partial charge in [-0.2, -0.15) is 0 Å². The average molecular weight is 173 g/mol. The van der Waals surface area contributed by atoms with E-state index < -0.39 is 0 Å². The highest BCUT2D eigenvalue weighted by molar-refractivity contribution is 5.73. The van der Waals surface area contributed by atoms with Crippen molar-refractivity contribution in [1.29, 1.82) is 0 Å². The quantitative estimate of drug-likeness (QED) is 0.300. The van der Waals surface area contributed by atoms with E-state index >= 15 is 0 Å². The van der Waals surface area contributed by atoms with Gasteiger partial charge in [-0.25, -0.2) is 10.6 Å². The van der Waals surface area contributed by atoms with Crippen molar-refractivity contribution in [2.24, 2.45) is 5.84 Å². The Hall–Kier alpha value is -0.810. The van der Waals surface area contributed by atoms with Crippen molar-refractivity contribution in [2.45, 2.75) is 26.1 Å². The first-order valence-electron chi connectivity index (χ1n) is 4.04. The minimum absolute atomic E-state index is 0.0889. The third kappa shape index (κ3) is 2.09. The zero-order chi connectivity index (χ0) is 9.14. The number of nitrogens with two attached hydrogens (primary N) is 1. The van der Waals surface area contributed by atoms with Gasteiger partial charge in [0.25, 0.3) is 0 Å². The number of morpholine rings is 1. The summed E-state index contributed by atoms with van der Waals surface area (Å²) in [4.78, 5) is 12.7. The summed E-state index contributed by atoms with van der Waals surface area (Å²) in [5, 5.41) is 0. The van der Waals surface area contributed by atoms with Crippen molar-refractivity contribution in [3.63, 3.8) is 0 Å². The fourth-order valence-corrected chi connectivity index (χ4v) is 1.44. The largest absolute Gasteiger partial charge is 0.372 e. The number of carbonyl (C=O) groups is 1. The number of rotatable bonds is 0. The number of nitrogens with one attached hydrogen (secondary N) is 1. The SMILES string of the molecule is C[C@@H]1CN(C(=O)NN)C[C@H](C)O1. The summed E-state index contributed by atoms with van der Waals surface area (Å²) in [6, 6.07) is -0.239. The van der Waals surface area contributed by atoms with E-state index in [1.807, 2.05) is 13.8 Å². The number of nitrogens with zero attached hydrogens (tertiary/aromatic N) is 1. The molecule has 0 spiro atoms. The molecule has 0 aromatic carbocycles. The summed E-state index contributed by atoms with van der Waals surface area (Å²) in [6.07, 6.45) is 0.178. The topological polar surface area (TPSA) is 67.6 Å². The van der Waals surface area contributed by atoms with Gasteiger partial charge in [0.2, 0.25) is 0 Å². The Bertz CT molecular complexity index is 164. The van der Waals surface area contributed by atoms with Crippen LogP contribution in [0.1, 0.15) is 13.8 Å². The molecule has 5 nitrogen and oxygen atoms in total. The molecule has 1 fully saturated rings. The van der Waals surface area contributed by atoms with Gasteiger partial charge in [0.15, 0.2) is 0 Å². The summed E-state index contributed by atoms with van der Waals surface area (Å²) in [6.45, 7) is 5.08. The van der Waals surface area contributed by atoms with Crippen LogP contribution in [-0.2, 0) is 4.74 Å². The predicted octanol–water partition coefficient (Wildman–Crippen LogP) is -0.321. The first-order valence-corrected chi connectivity index (χ1v) is 4.04. The van der Waals surface area contributed by atoms with Crippen LogP contribution in [0.15, 0.2) is 0 Å². The Morgan fingerprint density at radius 1 is 1.50 bits per heavy atom. The van der Waals surface area contributed by atoms with Crippen LogP contribution in [0.2, 0.25) is 0 Å². The molecule has 1 saturated heterocycles. The summed E-state index contributed by atoms with van der Waals surface area (Å²) < 4.78 is 5.45. The molecule has 0 bridgehead atoms. The Morgan fingerprint density at radius 2 is 2.00 bits per heavy atom. The van der Waals surface area contributed by atoms with Gasteiger partial charge in [-0.05, 0) is 13.8 Å². The molecule has 2 amide bonds. The standard InChI is InChI=1S/C7H15N3O2/c1-5-3-10(7(11)9-8)4-6(2)12-5/h5-6H,3-4,8H2,1-2H3,(H,9,11)/t5-,6+. The van der Waals surface area contributed by atoms with Crippen molar-refractivity contribution in [2.75, 3.05) is 13.1 Å². The molecule has 1 aliphatic heterocycles. The molecule has 70 valence electrons. The van der Waals surface area contributed by atoms with Gasteiger partial charge in [0.1, 0.15) is 0 Å². The summed E-state index contributed by atoms with van der Waals surface area (Å²) in [7, 11) is 0. The molecule has 1 aliphatic rings. The second-order valence-corrected chi connectivity index (χ2v) is 3.11. The molecule has 0 radical (unpaired) electrons. The van der Waals surface area contributed by atoms with Crippen LogP contribution in [0.3, 0.4) is 0 Å². The molecular formula is C7H15N3O2. The van der Waals surface area contributed by atoms with Crippen molar-refractivity contribution in [3.8, 4) is 0 Å². The molecular weight excluding hydrogens is 158 g/mol. The lowest BCUT2D eigenvalue weighted by Gasteiger charge is -2.34. The molecule has 1 heterocycles. The van der Waals surface area contributed by atoms with Crippen LogP contribution in [0.25, 0.3) is 0 Å². The van der Waals surface area contributed by atoms with Gasteiger partial charge in [-0.3, -0.25) is 5.43 Å². The molecule has 0 aliphatic carbocycles. The second-order valence-electron chi connectivity index (χ2n) is 3.11. The molecule has 12 heavy (non-hydrogen) atoms. The van der Waals surface area contributed by atoms with E-state index in [9.17, 15) is 4.79 Å². The van der Waals surface area contributed by atoms with E-state index in [0.29, 0.717) is 13.1 Å². The maximum atomic E-state index is 11.1. The van der Waals surface area contributed by atoms with Gasteiger partial charge in [-0.1, -0.05) is 0 Å². The second kappa shape index (κ2) is 3.73. The monoisotopic (exact) mass is 173 g/mol. The minimum atomic E-state index is -0.239. The number of amides is 2. The minimum Gasteiger partial charge on any atom is -0.372 e. The fraction of sp³-hybridized carbons (Fsp3) is 0.857. The van der Waals surface area contributed by atoms with Crippen LogP contribution in [-0.4, -0.2) is 36.2 Å². The van der Waals surface area contributed by atoms with Gasteiger partial charge >= 0.3 is 6.03 Å². The van der Waals surface area contributed by atoms with E-state index in [1.165, 1.54) is 0 Å². The number of urea groups is 1. The lowest BCUT2D eigenvalue weighted by Crippen LogP contribution is -2.53. The average Bonchev–Trinajstić information content (AvgIpc) is 2.01. The van der Waals surface area contributed by atoms with Crippen molar-refractivity contribution >= 4 is 6.03 Å². The van der Waals surface area contributed by atoms with Crippen molar-refractivity contribution < 1.29 is 9.53 Å². The lowest BCUT2D eigenvalue weighted by molar-refractivity contribution is -0.0545. The summed E-state index contributed by atoms with van der Waals surface area (Å²) in [5.74, 6) is 5.01. The first-order chi connectivity index (χ1) is 5.63. The summed E-state index contributed by atoms with van der Waals surface area (Å²) in [5.41, 5.74) is 2.11. The smallest absolute Gasteiger partial charge is 0.331 e. The van der Waals surface area contributed by atoms with Gasteiger partial charge in [0.05, 0.1) is 12.2 Å².